The van der Waals surface area contributed by atoms with Gasteiger partial charge in [0.25, 0.3) is 0 Å². The van der Waals surface area contributed by atoms with Crippen LogP contribution in [0.3, 0.4) is 0 Å². The quantitative estimate of drug-likeness (QED) is 0.494. The lowest BCUT2D eigenvalue weighted by molar-refractivity contribution is 0.478. The van der Waals surface area contributed by atoms with Crippen LogP contribution in [0, 0.1) is 0 Å². The summed E-state index contributed by atoms with van der Waals surface area (Å²) in [5.41, 5.74) is 4.00. The second-order valence-electron chi connectivity index (χ2n) is 5.57. The van der Waals surface area contributed by atoms with Crippen molar-refractivity contribution in [3.63, 3.8) is 0 Å². The molecule has 0 fully saturated rings. The van der Waals surface area contributed by atoms with Crippen LogP contribution in [0.25, 0.3) is 33.3 Å². The van der Waals surface area contributed by atoms with E-state index in [4.69, 9.17) is 11.6 Å². The summed E-state index contributed by atoms with van der Waals surface area (Å²) in [6.07, 6.45) is 0. The van der Waals surface area contributed by atoms with E-state index < -0.39 is 0 Å². The highest BCUT2D eigenvalue weighted by atomic mass is 35.5. The number of rotatable bonds is 2. The molecule has 3 heteroatoms. The minimum atomic E-state index is 0.183. The largest absolute Gasteiger partial charge is 0.505 e. The molecule has 0 bridgehead atoms. The third kappa shape index (κ3) is 2.51. The third-order valence-corrected chi connectivity index (χ3v) is 4.30. The van der Waals surface area contributed by atoms with Crippen LogP contribution >= 0.6 is 11.6 Å². The van der Waals surface area contributed by atoms with Crippen molar-refractivity contribution in [1.82, 2.24) is 4.98 Å². The van der Waals surface area contributed by atoms with Crippen LogP contribution in [0.2, 0.25) is 5.02 Å². The molecule has 3 aromatic carbocycles. The molecule has 0 unspecified atom stereocenters. The maximum Gasteiger partial charge on any atom is 0.150 e. The van der Waals surface area contributed by atoms with Gasteiger partial charge in [0.05, 0.1) is 5.52 Å². The number of para-hydroxylation sites is 1. The Bertz CT molecular complexity index is 1010. The van der Waals surface area contributed by atoms with E-state index in [1.807, 2.05) is 66.7 Å². The number of hydrogen-bond acceptors (Lipinski definition) is 2. The Kier molecular flexibility index (Phi) is 3.68. The Morgan fingerprint density at radius 1 is 0.708 bits per heavy atom. The highest BCUT2D eigenvalue weighted by molar-refractivity contribution is 6.30. The number of pyridine rings is 1. The zero-order chi connectivity index (χ0) is 16.5. The molecule has 0 aliphatic rings. The summed E-state index contributed by atoms with van der Waals surface area (Å²) in [4.78, 5) is 4.67. The Balaban J connectivity index is 2.06. The van der Waals surface area contributed by atoms with Gasteiger partial charge in [0.2, 0.25) is 0 Å². The van der Waals surface area contributed by atoms with Gasteiger partial charge >= 0.3 is 0 Å². The van der Waals surface area contributed by atoms with E-state index in [2.05, 4.69) is 4.98 Å². The molecule has 0 atom stereocenters. The van der Waals surface area contributed by atoms with Gasteiger partial charge in [0.15, 0.2) is 0 Å². The van der Waals surface area contributed by atoms with Crippen molar-refractivity contribution in [2.75, 3.05) is 0 Å². The van der Waals surface area contributed by atoms with E-state index in [-0.39, 0.29) is 5.75 Å². The van der Waals surface area contributed by atoms with E-state index >= 15 is 0 Å². The van der Waals surface area contributed by atoms with Crippen molar-refractivity contribution in [3.05, 3.63) is 83.9 Å². The SMILES string of the molecule is Oc1c(-c2ccc(Cl)cc2)nc2ccccc2c1-c1ccccc1. The van der Waals surface area contributed by atoms with Crippen molar-refractivity contribution in [2.24, 2.45) is 0 Å². The van der Waals surface area contributed by atoms with E-state index in [0.29, 0.717) is 10.7 Å². The highest BCUT2D eigenvalue weighted by Crippen LogP contribution is 2.41. The van der Waals surface area contributed by atoms with Gasteiger partial charge < -0.3 is 5.11 Å². The first-order chi connectivity index (χ1) is 11.7. The van der Waals surface area contributed by atoms with Crippen molar-refractivity contribution >= 4 is 22.5 Å². The molecule has 1 aromatic heterocycles. The molecule has 2 nitrogen and oxygen atoms in total. The molecule has 0 aliphatic heterocycles. The highest BCUT2D eigenvalue weighted by Gasteiger charge is 2.16. The van der Waals surface area contributed by atoms with Gasteiger partial charge in [-0.1, -0.05) is 72.3 Å². The lowest BCUT2D eigenvalue weighted by Crippen LogP contribution is -1.91. The fourth-order valence-electron chi connectivity index (χ4n) is 2.91. The van der Waals surface area contributed by atoms with Crippen LogP contribution in [-0.2, 0) is 0 Å². The summed E-state index contributed by atoms with van der Waals surface area (Å²) in [7, 11) is 0. The number of halogens is 1. The zero-order valence-electron chi connectivity index (χ0n) is 12.8. The third-order valence-electron chi connectivity index (χ3n) is 4.05. The second kappa shape index (κ2) is 5.99. The summed E-state index contributed by atoms with van der Waals surface area (Å²) >= 11 is 5.98. The average Bonchev–Trinajstić information content (AvgIpc) is 2.63. The van der Waals surface area contributed by atoms with E-state index in [1.54, 1.807) is 12.1 Å². The normalized spacial score (nSPS) is 10.9. The number of benzene rings is 3. The Morgan fingerprint density at radius 2 is 1.38 bits per heavy atom. The summed E-state index contributed by atoms with van der Waals surface area (Å²) in [5, 5.41) is 12.6. The molecule has 1 N–H and O–H groups in total. The maximum absolute atomic E-state index is 11.0. The van der Waals surface area contributed by atoms with E-state index in [9.17, 15) is 5.11 Å². The van der Waals surface area contributed by atoms with E-state index in [1.165, 1.54) is 0 Å². The smallest absolute Gasteiger partial charge is 0.150 e. The van der Waals surface area contributed by atoms with Crippen LogP contribution in [0.5, 0.6) is 5.75 Å². The molecular weight excluding hydrogens is 318 g/mol. The molecule has 4 aromatic rings. The van der Waals surface area contributed by atoms with Crippen molar-refractivity contribution < 1.29 is 5.11 Å². The van der Waals surface area contributed by atoms with Gasteiger partial charge in [-0.3, -0.25) is 0 Å². The van der Waals surface area contributed by atoms with Crippen LogP contribution in [0.1, 0.15) is 0 Å². The lowest BCUT2D eigenvalue weighted by Gasteiger charge is -2.13. The fraction of sp³-hybridized carbons (Fsp3) is 0. The molecule has 0 spiro atoms. The molecule has 4 rings (SSSR count). The van der Waals surface area contributed by atoms with E-state index in [0.717, 1.165) is 27.6 Å². The summed E-state index contributed by atoms with van der Waals surface area (Å²) in [6.45, 7) is 0. The molecule has 1 heterocycles. The predicted octanol–water partition coefficient (Wildman–Crippen LogP) is 5.93. The summed E-state index contributed by atoms with van der Waals surface area (Å²) in [6, 6.07) is 25.1. The minimum Gasteiger partial charge on any atom is -0.505 e. The molecule has 0 amide bonds. The number of aromatic nitrogens is 1. The number of nitrogens with zero attached hydrogens (tertiary/aromatic N) is 1. The van der Waals surface area contributed by atoms with Gasteiger partial charge in [0.1, 0.15) is 11.4 Å². The molecule has 24 heavy (non-hydrogen) atoms. The van der Waals surface area contributed by atoms with Gasteiger partial charge in [-0.15, -0.1) is 0 Å². The topological polar surface area (TPSA) is 33.1 Å². The number of aromatic hydroxyl groups is 1. The molecule has 0 saturated heterocycles. The zero-order valence-corrected chi connectivity index (χ0v) is 13.5. The van der Waals surface area contributed by atoms with Crippen molar-refractivity contribution in [1.29, 1.82) is 0 Å². The first-order valence-corrected chi connectivity index (χ1v) is 8.05. The van der Waals surface area contributed by atoms with Gasteiger partial charge in [-0.25, -0.2) is 4.98 Å². The first kappa shape index (κ1) is 14.7. The standard InChI is InChI=1S/C21H14ClNO/c22-16-12-10-15(11-13-16)20-21(24)19(14-6-2-1-3-7-14)17-8-4-5-9-18(17)23-20/h1-13,24H. The second-order valence-corrected chi connectivity index (χ2v) is 6.01. The molecule has 116 valence electrons. The average molecular weight is 332 g/mol. The molecule has 0 saturated carbocycles. The predicted molar refractivity (Wildman–Crippen MR) is 99.3 cm³/mol. The summed E-state index contributed by atoms with van der Waals surface area (Å²) in [5.74, 6) is 0.183. The monoisotopic (exact) mass is 331 g/mol. The Labute approximate surface area is 145 Å². The van der Waals surface area contributed by atoms with Crippen LogP contribution < -0.4 is 0 Å². The van der Waals surface area contributed by atoms with Crippen molar-refractivity contribution in [3.8, 4) is 28.1 Å². The van der Waals surface area contributed by atoms with Crippen LogP contribution in [-0.4, -0.2) is 10.1 Å². The summed E-state index contributed by atoms with van der Waals surface area (Å²) < 4.78 is 0. The fourth-order valence-corrected chi connectivity index (χ4v) is 3.03. The van der Waals surface area contributed by atoms with Crippen molar-refractivity contribution in [2.45, 2.75) is 0 Å². The molecular formula is C21H14ClNO. The van der Waals surface area contributed by atoms with Gasteiger partial charge in [-0.05, 0) is 23.8 Å². The molecule has 0 radical (unpaired) electrons. The minimum absolute atomic E-state index is 0.183. The number of fused-ring (bicyclic) bond motifs is 1. The lowest BCUT2D eigenvalue weighted by atomic mass is 9.97. The van der Waals surface area contributed by atoms with Gasteiger partial charge in [-0.2, -0.15) is 0 Å². The molecule has 0 aliphatic carbocycles. The van der Waals surface area contributed by atoms with Crippen LogP contribution in [0.4, 0.5) is 0 Å². The Morgan fingerprint density at radius 3 is 2.12 bits per heavy atom. The Hall–Kier alpha value is -2.84. The maximum atomic E-state index is 11.0. The number of hydrogen-bond donors (Lipinski definition) is 1. The van der Waals surface area contributed by atoms with Crippen LogP contribution in [0.15, 0.2) is 78.9 Å². The van der Waals surface area contributed by atoms with Gasteiger partial charge in [0, 0.05) is 21.5 Å². The first-order valence-electron chi connectivity index (χ1n) is 7.67.